The van der Waals surface area contributed by atoms with Crippen molar-refractivity contribution in [1.29, 1.82) is 0 Å². The molecule has 1 aliphatic rings. The van der Waals surface area contributed by atoms with Crippen molar-refractivity contribution in [3.05, 3.63) is 24.0 Å². The number of nitrogens with one attached hydrogen (secondary N) is 3. The fourth-order valence-corrected chi connectivity index (χ4v) is 3.62. The number of imidazole rings is 1. The number of rotatable bonds is 6. The van der Waals surface area contributed by atoms with Gasteiger partial charge in [0.15, 0.2) is 0 Å². The molecule has 0 aliphatic heterocycles. The van der Waals surface area contributed by atoms with Crippen LogP contribution in [0.4, 0.5) is 5.69 Å². The van der Waals surface area contributed by atoms with Gasteiger partial charge in [-0.1, -0.05) is 40.0 Å². The van der Waals surface area contributed by atoms with E-state index >= 15 is 0 Å². The lowest BCUT2D eigenvalue weighted by molar-refractivity contribution is -0.128. The van der Waals surface area contributed by atoms with Gasteiger partial charge in [0.2, 0.25) is 11.8 Å². The Bertz CT molecular complexity index is 829. The Morgan fingerprint density at radius 1 is 1.18 bits per heavy atom. The minimum absolute atomic E-state index is 0.00590. The van der Waals surface area contributed by atoms with Crippen molar-refractivity contribution in [2.45, 2.75) is 71.6 Å². The summed E-state index contributed by atoms with van der Waals surface area (Å²) in [6.45, 7) is 6.13. The molecule has 3 N–H and O–H groups in total. The van der Waals surface area contributed by atoms with E-state index in [1.54, 1.807) is 0 Å². The molecule has 2 aromatic rings. The monoisotopic (exact) mass is 384 g/mol. The van der Waals surface area contributed by atoms with Crippen LogP contribution in [-0.2, 0) is 9.59 Å². The van der Waals surface area contributed by atoms with Crippen molar-refractivity contribution in [1.82, 2.24) is 15.3 Å². The Hall–Kier alpha value is -2.37. The first-order chi connectivity index (χ1) is 13.3. The molecule has 1 aliphatic carbocycles. The van der Waals surface area contributed by atoms with Crippen LogP contribution in [0, 0.1) is 5.41 Å². The van der Waals surface area contributed by atoms with Crippen LogP contribution in [0.5, 0.6) is 0 Å². The van der Waals surface area contributed by atoms with Crippen molar-refractivity contribution >= 4 is 28.5 Å². The second-order valence-electron chi connectivity index (χ2n) is 8.85. The first-order valence-electron chi connectivity index (χ1n) is 10.4. The molecule has 0 saturated heterocycles. The van der Waals surface area contributed by atoms with Gasteiger partial charge in [-0.15, -0.1) is 0 Å². The number of amides is 2. The van der Waals surface area contributed by atoms with Crippen LogP contribution in [0.2, 0.25) is 0 Å². The summed E-state index contributed by atoms with van der Waals surface area (Å²) in [5.74, 6) is 1.57. The van der Waals surface area contributed by atoms with Crippen LogP contribution >= 0.6 is 0 Å². The van der Waals surface area contributed by atoms with Gasteiger partial charge in [-0.05, 0) is 37.5 Å². The van der Waals surface area contributed by atoms with Gasteiger partial charge in [0.25, 0.3) is 0 Å². The van der Waals surface area contributed by atoms with Gasteiger partial charge in [-0.2, -0.15) is 0 Å². The van der Waals surface area contributed by atoms with Crippen molar-refractivity contribution in [2.24, 2.45) is 5.41 Å². The highest BCUT2D eigenvalue weighted by molar-refractivity contribution is 5.93. The van der Waals surface area contributed by atoms with E-state index in [0.717, 1.165) is 22.5 Å². The molecule has 6 nitrogen and oxygen atoms in total. The predicted octanol–water partition coefficient (Wildman–Crippen LogP) is 4.49. The second kappa shape index (κ2) is 8.76. The summed E-state index contributed by atoms with van der Waals surface area (Å²) in [5.41, 5.74) is 2.28. The Morgan fingerprint density at radius 2 is 1.93 bits per heavy atom. The molecule has 3 rings (SSSR count). The Morgan fingerprint density at radius 3 is 2.64 bits per heavy atom. The van der Waals surface area contributed by atoms with Crippen molar-refractivity contribution < 1.29 is 9.59 Å². The molecule has 28 heavy (non-hydrogen) atoms. The topological polar surface area (TPSA) is 86.9 Å². The van der Waals surface area contributed by atoms with Crippen LogP contribution in [-0.4, -0.2) is 28.3 Å². The summed E-state index contributed by atoms with van der Waals surface area (Å²) in [4.78, 5) is 32.2. The normalized spacial score (nSPS) is 15.5. The lowest BCUT2D eigenvalue weighted by Gasteiger charge is -2.18. The van der Waals surface area contributed by atoms with Crippen molar-refractivity contribution in [2.75, 3.05) is 11.9 Å². The highest BCUT2D eigenvalue weighted by atomic mass is 16.2. The van der Waals surface area contributed by atoms with E-state index in [2.05, 4.69) is 15.6 Å². The minimum atomic E-state index is -0.405. The van der Waals surface area contributed by atoms with Gasteiger partial charge in [0.05, 0.1) is 11.0 Å². The van der Waals surface area contributed by atoms with E-state index in [-0.39, 0.29) is 11.8 Å². The van der Waals surface area contributed by atoms with E-state index in [1.165, 1.54) is 32.1 Å². The Labute approximate surface area is 166 Å². The van der Waals surface area contributed by atoms with Crippen molar-refractivity contribution in [3.63, 3.8) is 0 Å². The summed E-state index contributed by atoms with van der Waals surface area (Å²) in [7, 11) is 0. The Balaban J connectivity index is 1.51. The molecule has 1 saturated carbocycles. The summed E-state index contributed by atoms with van der Waals surface area (Å²) in [6, 6.07) is 5.80. The first-order valence-corrected chi connectivity index (χ1v) is 10.4. The van der Waals surface area contributed by atoms with Crippen LogP contribution in [0.15, 0.2) is 18.2 Å². The third-order valence-electron chi connectivity index (χ3n) is 5.32. The number of anilines is 1. The zero-order chi connectivity index (χ0) is 20.1. The molecule has 0 unspecified atom stereocenters. The number of nitrogens with zero attached hydrogens (tertiary/aromatic N) is 1. The number of carbonyl (C=O) groups is 2. The second-order valence-corrected chi connectivity index (χ2v) is 8.85. The van der Waals surface area contributed by atoms with E-state index in [9.17, 15) is 9.59 Å². The largest absolute Gasteiger partial charge is 0.356 e. The zero-order valence-corrected chi connectivity index (χ0v) is 17.2. The number of hydrogen-bond donors (Lipinski definition) is 3. The SMILES string of the molecule is CC(C)(C)C(=O)NCCCC(=O)Nc1ccc2nc(C3CCCCC3)[nH]c2c1. The van der Waals surface area contributed by atoms with E-state index < -0.39 is 5.41 Å². The van der Waals surface area contributed by atoms with Gasteiger partial charge in [-0.3, -0.25) is 9.59 Å². The van der Waals surface area contributed by atoms with E-state index in [1.807, 2.05) is 39.0 Å². The molecule has 152 valence electrons. The van der Waals surface area contributed by atoms with Gasteiger partial charge in [0, 0.05) is 30.0 Å². The lowest BCUT2D eigenvalue weighted by atomic mass is 9.89. The highest BCUT2D eigenvalue weighted by Crippen LogP contribution is 2.32. The standard InChI is InChI=1S/C22H32N4O2/c1-22(2,3)21(28)23-13-7-10-19(27)24-16-11-12-17-18(14-16)26-20(25-17)15-8-5-4-6-9-15/h11-12,14-15H,4-10,13H2,1-3H3,(H,23,28)(H,24,27)(H,25,26). The highest BCUT2D eigenvalue weighted by Gasteiger charge is 2.20. The number of aromatic nitrogens is 2. The Kier molecular flexibility index (Phi) is 6.37. The molecule has 1 fully saturated rings. The minimum Gasteiger partial charge on any atom is -0.356 e. The molecular weight excluding hydrogens is 352 g/mol. The molecule has 1 heterocycles. The van der Waals surface area contributed by atoms with Gasteiger partial charge in [0.1, 0.15) is 5.82 Å². The fraction of sp³-hybridized carbons (Fsp3) is 0.591. The smallest absolute Gasteiger partial charge is 0.225 e. The number of hydrogen-bond acceptors (Lipinski definition) is 3. The average molecular weight is 385 g/mol. The molecule has 1 aromatic heterocycles. The van der Waals surface area contributed by atoms with Crippen molar-refractivity contribution in [3.8, 4) is 0 Å². The molecular formula is C22H32N4O2. The third kappa shape index (κ3) is 5.33. The molecule has 1 aromatic carbocycles. The summed E-state index contributed by atoms with van der Waals surface area (Å²) in [6.07, 6.45) is 7.28. The molecule has 2 amide bonds. The maximum atomic E-state index is 12.2. The van der Waals surface area contributed by atoms with Crippen LogP contribution in [0.25, 0.3) is 11.0 Å². The summed E-state index contributed by atoms with van der Waals surface area (Å²) < 4.78 is 0. The quantitative estimate of drug-likeness (QED) is 0.641. The number of carbonyl (C=O) groups excluding carboxylic acids is 2. The summed E-state index contributed by atoms with van der Waals surface area (Å²) >= 11 is 0. The number of H-pyrrole nitrogens is 1. The number of fused-ring (bicyclic) bond motifs is 1. The maximum absolute atomic E-state index is 12.2. The molecule has 0 spiro atoms. The van der Waals surface area contributed by atoms with E-state index in [4.69, 9.17) is 4.98 Å². The summed E-state index contributed by atoms with van der Waals surface area (Å²) in [5, 5.41) is 5.81. The maximum Gasteiger partial charge on any atom is 0.225 e. The third-order valence-corrected chi connectivity index (χ3v) is 5.32. The number of aromatic amines is 1. The van der Waals surface area contributed by atoms with Crippen LogP contribution in [0.3, 0.4) is 0 Å². The van der Waals surface area contributed by atoms with Gasteiger partial charge in [-0.25, -0.2) is 4.98 Å². The zero-order valence-electron chi connectivity index (χ0n) is 17.2. The van der Waals surface area contributed by atoms with Crippen LogP contribution in [0.1, 0.15) is 77.5 Å². The lowest BCUT2D eigenvalue weighted by Crippen LogP contribution is -2.35. The number of benzene rings is 1. The molecule has 6 heteroatoms. The average Bonchev–Trinajstić information content (AvgIpc) is 3.08. The van der Waals surface area contributed by atoms with Gasteiger partial charge >= 0.3 is 0 Å². The van der Waals surface area contributed by atoms with Crippen LogP contribution < -0.4 is 10.6 Å². The van der Waals surface area contributed by atoms with E-state index in [0.29, 0.717) is 25.3 Å². The first kappa shape index (κ1) is 20.4. The fourth-order valence-electron chi connectivity index (χ4n) is 3.62. The molecule has 0 bridgehead atoms. The van der Waals surface area contributed by atoms with Gasteiger partial charge < -0.3 is 15.6 Å². The predicted molar refractivity (Wildman–Crippen MR) is 112 cm³/mol. The molecule has 0 atom stereocenters. The molecule has 0 radical (unpaired) electrons.